The number of ether oxygens (including phenoxy) is 1. The average Bonchev–Trinajstić information content (AvgIpc) is 2.99. The van der Waals surface area contributed by atoms with Crippen LogP contribution in [0.15, 0.2) is 18.5 Å². The first-order chi connectivity index (χ1) is 10.9. The number of carbonyl (C=O) groups is 1. The molecule has 0 radical (unpaired) electrons. The van der Waals surface area contributed by atoms with Crippen LogP contribution in [0.4, 0.5) is 4.79 Å². The Kier molecular flexibility index (Phi) is 6.47. The Morgan fingerprint density at radius 3 is 2.65 bits per heavy atom. The van der Waals surface area contributed by atoms with Crippen molar-refractivity contribution in [1.29, 1.82) is 0 Å². The highest BCUT2D eigenvalue weighted by atomic mass is 16.6. The normalized spacial score (nSPS) is 16.6. The number of amides is 1. The summed E-state index contributed by atoms with van der Waals surface area (Å²) >= 11 is 0. The van der Waals surface area contributed by atoms with Gasteiger partial charge in [-0.15, -0.1) is 0 Å². The van der Waals surface area contributed by atoms with Crippen molar-refractivity contribution in [2.75, 3.05) is 39.3 Å². The predicted molar refractivity (Wildman–Crippen MR) is 91.4 cm³/mol. The molecule has 130 valence electrons. The van der Waals surface area contributed by atoms with E-state index < -0.39 is 5.60 Å². The van der Waals surface area contributed by atoms with Gasteiger partial charge in [-0.25, -0.2) is 4.79 Å². The minimum atomic E-state index is -0.417. The molecule has 2 rings (SSSR count). The Bertz CT molecular complexity index is 459. The summed E-state index contributed by atoms with van der Waals surface area (Å²) in [6.07, 6.45) is 4.89. The van der Waals surface area contributed by atoms with Crippen molar-refractivity contribution in [1.82, 2.24) is 20.1 Å². The fourth-order valence-electron chi connectivity index (χ4n) is 2.61. The fourth-order valence-corrected chi connectivity index (χ4v) is 2.61. The van der Waals surface area contributed by atoms with Crippen molar-refractivity contribution in [3.63, 3.8) is 0 Å². The molecule has 0 spiro atoms. The van der Waals surface area contributed by atoms with Crippen LogP contribution < -0.4 is 5.32 Å². The maximum Gasteiger partial charge on any atom is 0.410 e. The molecule has 0 bridgehead atoms. The maximum absolute atomic E-state index is 12.0. The third-order valence-corrected chi connectivity index (χ3v) is 3.84. The molecule has 6 heteroatoms. The van der Waals surface area contributed by atoms with E-state index in [1.807, 2.05) is 38.1 Å². The molecule has 2 N–H and O–H groups in total. The van der Waals surface area contributed by atoms with Crippen molar-refractivity contribution < 1.29 is 9.53 Å². The monoisotopic (exact) mass is 322 g/mol. The van der Waals surface area contributed by atoms with E-state index in [2.05, 4.69) is 21.3 Å². The predicted octanol–water partition coefficient (Wildman–Crippen LogP) is 2.05. The van der Waals surface area contributed by atoms with Crippen LogP contribution >= 0.6 is 0 Å². The first kappa shape index (κ1) is 17.8. The van der Waals surface area contributed by atoms with Crippen molar-refractivity contribution in [3.05, 3.63) is 24.0 Å². The molecule has 1 amide bonds. The molecule has 1 fully saturated rings. The van der Waals surface area contributed by atoms with E-state index in [0.717, 1.165) is 52.2 Å². The van der Waals surface area contributed by atoms with Crippen molar-refractivity contribution in [3.8, 4) is 0 Å². The molecule has 0 atom stereocenters. The van der Waals surface area contributed by atoms with Crippen molar-refractivity contribution in [2.45, 2.75) is 39.3 Å². The van der Waals surface area contributed by atoms with Gasteiger partial charge in [0.1, 0.15) is 5.60 Å². The number of aromatic amines is 1. The summed E-state index contributed by atoms with van der Waals surface area (Å²) in [5.74, 6) is 0. The molecular formula is C17H30N4O2. The molecule has 0 aliphatic carbocycles. The second-order valence-electron chi connectivity index (χ2n) is 7.06. The molecule has 1 aliphatic heterocycles. The number of nitrogens with one attached hydrogen (secondary N) is 2. The van der Waals surface area contributed by atoms with Crippen LogP contribution in [0, 0.1) is 0 Å². The zero-order valence-electron chi connectivity index (χ0n) is 14.6. The van der Waals surface area contributed by atoms with E-state index in [-0.39, 0.29) is 6.09 Å². The minimum absolute atomic E-state index is 0.190. The topological polar surface area (TPSA) is 60.6 Å². The van der Waals surface area contributed by atoms with Gasteiger partial charge in [0.25, 0.3) is 0 Å². The number of piperazine rings is 1. The Morgan fingerprint density at radius 2 is 2.04 bits per heavy atom. The summed E-state index contributed by atoms with van der Waals surface area (Å²) < 4.78 is 5.42. The van der Waals surface area contributed by atoms with Gasteiger partial charge in [-0.1, -0.05) is 0 Å². The Labute approximate surface area is 139 Å². The van der Waals surface area contributed by atoms with E-state index in [4.69, 9.17) is 4.74 Å². The molecule has 2 heterocycles. The standard InChI is InChI=1S/C17H30N4O2/c1-17(2,3)23-16(22)21-11-9-20(10-12-21)8-4-6-18-13-15-5-7-19-14-15/h5,7,14,18-19H,4,6,8-13H2,1-3H3. The molecule has 0 unspecified atom stereocenters. The molecule has 1 aliphatic rings. The zero-order chi connectivity index (χ0) is 16.7. The van der Waals surface area contributed by atoms with Crippen LogP contribution in [0.1, 0.15) is 32.8 Å². The van der Waals surface area contributed by atoms with E-state index >= 15 is 0 Å². The first-order valence-electron chi connectivity index (χ1n) is 8.47. The summed E-state index contributed by atoms with van der Waals surface area (Å²) in [5.41, 5.74) is 0.871. The van der Waals surface area contributed by atoms with Crippen LogP contribution in [0.25, 0.3) is 0 Å². The van der Waals surface area contributed by atoms with Gasteiger partial charge in [0, 0.05) is 45.1 Å². The second kappa shape index (κ2) is 8.36. The van der Waals surface area contributed by atoms with Crippen LogP contribution in [-0.2, 0) is 11.3 Å². The zero-order valence-corrected chi connectivity index (χ0v) is 14.6. The minimum Gasteiger partial charge on any atom is -0.444 e. The summed E-state index contributed by atoms with van der Waals surface area (Å²) in [6.45, 7) is 12.1. The lowest BCUT2D eigenvalue weighted by Gasteiger charge is -2.35. The van der Waals surface area contributed by atoms with Gasteiger partial charge >= 0.3 is 6.09 Å². The smallest absolute Gasteiger partial charge is 0.410 e. The molecular weight excluding hydrogens is 292 g/mol. The van der Waals surface area contributed by atoms with Gasteiger partial charge in [-0.2, -0.15) is 0 Å². The van der Waals surface area contributed by atoms with Gasteiger partial charge in [-0.3, -0.25) is 4.90 Å². The van der Waals surface area contributed by atoms with E-state index in [9.17, 15) is 4.79 Å². The number of carbonyl (C=O) groups excluding carboxylic acids is 1. The number of rotatable bonds is 6. The van der Waals surface area contributed by atoms with Crippen LogP contribution in [0.3, 0.4) is 0 Å². The second-order valence-corrected chi connectivity index (χ2v) is 7.06. The molecule has 23 heavy (non-hydrogen) atoms. The summed E-state index contributed by atoms with van der Waals surface area (Å²) in [6, 6.07) is 2.09. The molecule has 6 nitrogen and oxygen atoms in total. The number of aromatic nitrogens is 1. The van der Waals surface area contributed by atoms with E-state index in [1.165, 1.54) is 5.56 Å². The number of nitrogens with zero attached hydrogens (tertiary/aromatic N) is 2. The first-order valence-corrected chi connectivity index (χ1v) is 8.47. The fraction of sp³-hybridized carbons (Fsp3) is 0.706. The highest BCUT2D eigenvalue weighted by Crippen LogP contribution is 2.11. The van der Waals surface area contributed by atoms with Gasteiger partial charge in [-0.05, 0) is 51.9 Å². The lowest BCUT2D eigenvalue weighted by atomic mass is 10.2. The van der Waals surface area contributed by atoms with Crippen molar-refractivity contribution in [2.24, 2.45) is 0 Å². The largest absolute Gasteiger partial charge is 0.444 e. The average molecular weight is 322 g/mol. The summed E-state index contributed by atoms with van der Waals surface area (Å²) in [5, 5.41) is 3.45. The highest BCUT2D eigenvalue weighted by molar-refractivity contribution is 5.68. The third kappa shape index (κ3) is 6.62. The number of H-pyrrole nitrogens is 1. The van der Waals surface area contributed by atoms with Gasteiger partial charge in [0.2, 0.25) is 0 Å². The SMILES string of the molecule is CC(C)(C)OC(=O)N1CCN(CCCNCc2cc[nH]c2)CC1. The van der Waals surface area contributed by atoms with Crippen LogP contribution in [-0.4, -0.2) is 65.7 Å². The number of hydrogen-bond donors (Lipinski definition) is 2. The summed E-state index contributed by atoms with van der Waals surface area (Å²) in [7, 11) is 0. The van der Waals surface area contributed by atoms with Gasteiger partial charge < -0.3 is 19.9 Å². The Balaban J connectivity index is 1.55. The van der Waals surface area contributed by atoms with E-state index in [1.54, 1.807) is 0 Å². The van der Waals surface area contributed by atoms with Crippen LogP contribution in [0.5, 0.6) is 0 Å². The number of hydrogen-bond acceptors (Lipinski definition) is 4. The summed E-state index contributed by atoms with van der Waals surface area (Å²) in [4.78, 5) is 19.3. The maximum atomic E-state index is 12.0. The lowest BCUT2D eigenvalue weighted by Crippen LogP contribution is -2.50. The van der Waals surface area contributed by atoms with Crippen molar-refractivity contribution >= 4 is 6.09 Å². The van der Waals surface area contributed by atoms with Gasteiger partial charge in [0.15, 0.2) is 0 Å². The molecule has 1 aromatic rings. The quantitative estimate of drug-likeness (QED) is 0.787. The Hall–Kier alpha value is -1.53. The highest BCUT2D eigenvalue weighted by Gasteiger charge is 2.25. The molecule has 0 saturated carbocycles. The molecule has 0 aromatic carbocycles. The molecule has 1 saturated heterocycles. The van der Waals surface area contributed by atoms with Crippen LogP contribution in [0.2, 0.25) is 0 Å². The van der Waals surface area contributed by atoms with Gasteiger partial charge in [0.05, 0.1) is 0 Å². The third-order valence-electron chi connectivity index (χ3n) is 3.84. The van der Waals surface area contributed by atoms with E-state index in [0.29, 0.717) is 0 Å². The lowest BCUT2D eigenvalue weighted by molar-refractivity contribution is 0.0144. The molecule has 1 aromatic heterocycles. The Morgan fingerprint density at radius 1 is 1.30 bits per heavy atom.